The van der Waals surface area contributed by atoms with Gasteiger partial charge in [0.25, 0.3) is 0 Å². The van der Waals surface area contributed by atoms with Crippen LogP contribution in [0.3, 0.4) is 0 Å². The summed E-state index contributed by atoms with van der Waals surface area (Å²) in [7, 11) is 0. The largest absolute Gasteiger partial charge is 0.476 e. The van der Waals surface area contributed by atoms with E-state index in [2.05, 4.69) is 5.16 Å². The van der Waals surface area contributed by atoms with Crippen LogP contribution < -0.4 is 0 Å². The molecule has 4 nitrogen and oxygen atoms in total. The van der Waals surface area contributed by atoms with Crippen LogP contribution in [0, 0.1) is 0 Å². The summed E-state index contributed by atoms with van der Waals surface area (Å²) >= 11 is 1.86. The second kappa shape index (κ2) is 3.41. The van der Waals surface area contributed by atoms with E-state index in [1.165, 1.54) is 6.07 Å². The van der Waals surface area contributed by atoms with Crippen molar-refractivity contribution in [3.05, 3.63) is 17.5 Å². The number of aromatic nitrogens is 1. The van der Waals surface area contributed by atoms with Crippen molar-refractivity contribution in [2.24, 2.45) is 0 Å². The Labute approximate surface area is 79.3 Å². The lowest BCUT2D eigenvalue weighted by molar-refractivity contribution is 0.0685. The molecule has 0 aliphatic carbocycles. The van der Waals surface area contributed by atoms with Crippen LogP contribution in [0.25, 0.3) is 0 Å². The highest BCUT2D eigenvalue weighted by molar-refractivity contribution is 7.99. The smallest absolute Gasteiger partial charge is 0.358 e. The van der Waals surface area contributed by atoms with Gasteiger partial charge in [0.05, 0.1) is 0 Å². The van der Waals surface area contributed by atoms with Gasteiger partial charge in [-0.1, -0.05) is 5.16 Å². The van der Waals surface area contributed by atoms with Gasteiger partial charge in [0.15, 0.2) is 5.69 Å². The topological polar surface area (TPSA) is 63.3 Å². The summed E-state index contributed by atoms with van der Waals surface area (Å²) in [5.41, 5.74) is 0.00639. The number of aromatic carboxylic acids is 1. The first-order valence-corrected chi connectivity index (χ1v) is 5.20. The molecule has 2 rings (SSSR count). The van der Waals surface area contributed by atoms with Crippen molar-refractivity contribution in [3.63, 3.8) is 0 Å². The summed E-state index contributed by atoms with van der Waals surface area (Å²) in [5.74, 6) is 2.16. The molecule has 0 amide bonds. The Kier molecular flexibility index (Phi) is 2.26. The zero-order valence-electron chi connectivity index (χ0n) is 6.90. The molecule has 0 bridgehead atoms. The maximum atomic E-state index is 10.5. The molecule has 70 valence electrons. The Morgan fingerprint density at radius 3 is 3.15 bits per heavy atom. The predicted octanol–water partition coefficient (Wildman–Crippen LogP) is 1.59. The van der Waals surface area contributed by atoms with Crippen LogP contribution in [-0.4, -0.2) is 27.7 Å². The average molecular weight is 199 g/mol. The van der Waals surface area contributed by atoms with E-state index < -0.39 is 5.97 Å². The normalized spacial score (nSPS) is 22.0. The maximum absolute atomic E-state index is 10.5. The highest BCUT2D eigenvalue weighted by atomic mass is 32.2. The van der Waals surface area contributed by atoms with Crippen molar-refractivity contribution in [2.75, 3.05) is 11.5 Å². The first-order chi connectivity index (χ1) is 6.27. The van der Waals surface area contributed by atoms with Gasteiger partial charge < -0.3 is 9.63 Å². The monoisotopic (exact) mass is 199 g/mol. The van der Waals surface area contributed by atoms with Crippen LogP contribution in [-0.2, 0) is 0 Å². The molecule has 0 saturated carbocycles. The minimum Gasteiger partial charge on any atom is -0.476 e. The summed E-state index contributed by atoms with van der Waals surface area (Å²) < 4.78 is 4.97. The van der Waals surface area contributed by atoms with E-state index in [4.69, 9.17) is 9.63 Å². The van der Waals surface area contributed by atoms with Gasteiger partial charge in [-0.3, -0.25) is 0 Å². The predicted molar refractivity (Wildman–Crippen MR) is 48.1 cm³/mol. The summed E-state index contributed by atoms with van der Waals surface area (Å²) in [6.45, 7) is 0. The molecule has 1 fully saturated rings. The van der Waals surface area contributed by atoms with E-state index in [9.17, 15) is 4.79 Å². The van der Waals surface area contributed by atoms with Crippen LogP contribution in [0.4, 0.5) is 0 Å². The van der Waals surface area contributed by atoms with Crippen molar-refractivity contribution in [1.29, 1.82) is 0 Å². The fourth-order valence-corrected chi connectivity index (χ4v) is 2.57. The molecule has 13 heavy (non-hydrogen) atoms. The molecule has 5 heteroatoms. The Balaban J connectivity index is 2.16. The highest BCUT2D eigenvalue weighted by Crippen LogP contribution is 2.32. The summed E-state index contributed by atoms with van der Waals surface area (Å²) in [6, 6.07) is 1.53. The number of carboxylic acid groups (broad SMARTS) is 1. The van der Waals surface area contributed by atoms with Crippen LogP contribution in [0.2, 0.25) is 0 Å². The van der Waals surface area contributed by atoms with E-state index in [0.29, 0.717) is 11.7 Å². The molecule has 1 aromatic rings. The Hall–Kier alpha value is -0.970. The molecular weight excluding hydrogens is 190 g/mol. The lowest BCUT2D eigenvalue weighted by Crippen LogP contribution is -1.96. The third kappa shape index (κ3) is 1.70. The van der Waals surface area contributed by atoms with Gasteiger partial charge in [0.1, 0.15) is 5.76 Å². The van der Waals surface area contributed by atoms with E-state index in [-0.39, 0.29) is 5.69 Å². The molecular formula is C8H9NO3S. The second-order valence-corrected chi connectivity index (χ2v) is 4.13. The van der Waals surface area contributed by atoms with Crippen molar-refractivity contribution in [2.45, 2.75) is 12.3 Å². The van der Waals surface area contributed by atoms with Gasteiger partial charge in [0.2, 0.25) is 0 Å². The average Bonchev–Trinajstić information content (AvgIpc) is 2.75. The first kappa shape index (κ1) is 8.62. The van der Waals surface area contributed by atoms with Crippen molar-refractivity contribution >= 4 is 17.7 Å². The number of nitrogens with zero attached hydrogens (tertiary/aromatic N) is 1. The van der Waals surface area contributed by atoms with Gasteiger partial charge in [-0.25, -0.2) is 4.79 Å². The summed E-state index contributed by atoms with van der Waals surface area (Å²) in [6.07, 6.45) is 1.05. The minimum absolute atomic E-state index is 0.00639. The molecule has 2 heterocycles. The lowest BCUT2D eigenvalue weighted by atomic mass is 10.1. The van der Waals surface area contributed by atoms with Crippen molar-refractivity contribution in [1.82, 2.24) is 5.16 Å². The minimum atomic E-state index is -1.03. The van der Waals surface area contributed by atoms with Crippen molar-refractivity contribution in [3.8, 4) is 0 Å². The molecule has 1 aromatic heterocycles. The van der Waals surface area contributed by atoms with E-state index in [1.54, 1.807) is 0 Å². The molecule has 1 N–H and O–H groups in total. The SMILES string of the molecule is O=C(O)c1cc(C2CCSC2)on1. The number of thioether (sulfide) groups is 1. The highest BCUT2D eigenvalue weighted by Gasteiger charge is 2.23. The van der Waals surface area contributed by atoms with E-state index >= 15 is 0 Å². The molecule has 1 atom stereocenters. The number of carbonyl (C=O) groups is 1. The molecule has 1 aliphatic heterocycles. The van der Waals surface area contributed by atoms with Crippen LogP contribution in [0.5, 0.6) is 0 Å². The lowest BCUT2D eigenvalue weighted by Gasteiger charge is -1.99. The number of hydrogen-bond acceptors (Lipinski definition) is 4. The molecule has 1 saturated heterocycles. The number of carboxylic acids is 1. The fraction of sp³-hybridized carbons (Fsp3) is 0.500. The Bertz CT molecular complexity index is 317. The van der Waals surface area contributed by atoms with Gasteiger partial charge in [0, 0.05) is 17.7 Å². The standard InChI is InChI=1S/C8H9NO3S/c10-8(11)6-3-7(12-9-6)5-1-2-13-4-5/h3,5H,1-2,4H2,(H,10,11). The third-order valence-electron chi connectivity index (χ3n) is 2.08. The van der Waals surface area contributed by atoms with Gasteiger partial charge >= 0.3 is 5.97 Å². The van der Waals surface area contributed by atoms with Gasteiger partial charge in [-0.05, 0) is 12.2 Å². The molecule has 1 unspecified atom stereocenters. The van der Waals surface area contributed by atoms with E-state index in [1.807, 2.05) is 11.8 Å². The van der Waals surface area contributed by atoms with Gasteiger partial charge in [-0.2, -0.15) is 11.8 Å². The Morgan fingerprint density at radius 1 is 1.77 bits per heavy atom. The van der Waals surface area contributed by atoms with Crippen LogP contribution in [0.15, 0.2) is 10.6 Å². The number of rotatable bonds is 2. The molecule has 1 aliphatic rings. The number of hydrogen-bond donors (Lipinski definition) is 1. The van der Waals surface area contributed by atoms with Crippen molar-refractivity contribution < 1.29 is 14.4 Å². The molecule has 0 spiro atoms. The molecule has 0 radical (unpaired) electrons. The Morgan fingerprint density at radius 2 is 2.62 bits per heavy atom. The fourth-order valence-electron chi connectivity index (χ4n) is 1.34. The third-order valence-corrected chi connectivity index (χ3v) is 3.24. The molecule has 0 aromatic carbocycles. The summed E-state index contributed by atoms with van der Waals surface area (Å²) in [5, 5.41) is 12.1. The quantitative estimate of drug-likeness (QED) is 0.783. The van der Waals surface area contributed by atoms with Crippen LogP contribution in [0.1, 0.15) is 28.6 Å². The first-order valence-electron chi connectivity index (χ1n) is 4.05. The van der Waals surface area contributed by atoms with E-state index in [0.717, 1.165) is 17.9 Å². The zero-order chi connectivity index (χ0) is 9.26. The second-order valence-electron chi connectivity index (χ2n) is 2.98. The summed E-state index contributed by atoms with van der Waals surface area (Å²) in [4.78, 5) is 10.5. The maximum Gasteiger partial charge on any atom is 0.358 e. The van der Waals surface area contributed by atoms with Gasteiger partial charge in [-0.15, -0.1) is 0 Å². The zero-order valence-corrected chi connectivity index (χ0v) is 7.71. The van der Waals surface area contributed by atoms with Crippen LogP contribution >= 0.6 is 11.8 Å².